The third kappa shape index (κ3) is 4.27. The number of esters is 1. The summed E-state index contributed by atoms with van der Waals surface area (Å²) in [5, 5.41) is 3.03. The summed E-state index contributed by atoms with van der Waals surface area (Å²) in [6.45, 7) is 2.16. The molecule has 0 fully saturated rings. The molecule has 0 spiro atoms. The number of sulfone groups is 1. The van der Waals surface area contributed by atoms with E-state index in [0.29, 0.717) is 18.0 Å². The van der Waals surface area contributed by atoms with E-state index in [1.54, 1.807) is 19.1 Å². The van der Waals surface area contributed by atoms with E-state index in [2.05, 4.69) is 5.32 Å². The van der Waals surface area contributed by atoms with Crippen LogP contribution in [0.1, 0.15) is 23.0 Å². The highest BCUT2D eigenvalue weighted by molar-refractivity contribution is 7.90. The fourth-order valence-corrected chi connectivity index (χ4v) is 3.29. The van der Waals surface area contributed by atoms with E-state index in [1.165, 1.54) is 18.4 Å². The Balaban J connectivity index is 2.42. The van der Waals surface area contributed by atoms with E-state index in [0.717, 1.165) is 6.26 Å². The number of anilines is 1. The first-order valence-corrected chi connectivity index (χ1v) is 9.07. The van der Waals surface area contributed by atoms with Gasteiger partial charge in [0.15, 0.2) is 9.84 Å². The molecule has 1 heterocycles. The maximum Gasteiger partial charge on any atom is 0.340 e. The van der Waals surface area contributed by atoms with Crippen LogP contribution >= 0.6 is 11.6 Å². The van der Waals surface area contributed by atoms with E-state index >= 15 is 0 Å². The number of hydrogen-bond acceptors (Lipinski definition) is 6. The maximum atomic E-state index is 12.1. The minimum Gasteiger partial charge on any atom is -0.467 e. The fraction of sp³-hybridized carbons (Fsp3) is 0.267. The van der Waals surface area contributed by atoms with Gasteiger partial charge in [-0.3, -0.25) is 0 Å². The first-order chi connectivity index (χ1) is 10.8. The van der Waals surface area contributed by atoms with Gasteiger partial charge in [-0.2, -0.15) is 0 Å². The number of carbonyl (C=O) groups excluding carboxylic acids is 1. The molecule has 0 bridgehead atoms. The van der Waals surface area contributed by atoms with Gasteiger partial charge in [0.05, 0.1) is 40.6 Å². The number of benzene rings is 1. The Hall–Kier alpha value is -1.99. The van der Waals surface area contributed by atoms with E-state index in [1.807, 2.05) is 0 Å². The third-order valence-electron chi connectivity index (χ3n) is 3.00. The van der Waals surface area contributed by atoms with Gasteiger partial charge in [-0.05, 0) is 31.2 Å². The molecule has 0 saturated carbocycles. The van der Waals surface area contributed by atoms with Crippen molar-refractivity contribution in [3.05, 3.63) is 46.9 Å². The van der Waals surface area contributed by atoms with Crippen LogP contribution in [0.25, 0.3) is 0 Å². The SMILES string of the molecule is CCOC(=O)c1cc(S(C)(=O)=O)c(Cl)cc1NCc1ccco1. The summed E-state index contributed by atoms with van der Waals surface area (Å²) in [5.74, 6) is 0.0270. The number of halogens is 1. The largest absolute Gasteiger partial charge is 0.467 e. The van der Waals surface area contributed by atoms with Crippen LogP contribution in [0.3, 0.4) is 0 Å². The van der Waals surface area contributed by atoms with Crippen molar-refractivity contribution in [3.63, 3.8) is 0 Å². The lowest BCUT2D eigenvalue weighted by molar-refractivity contribution is 0.0527. The zero-order valence-electron chi connectivity index (χ0n) is 12.6. The maximum absolute atomic E-state index is 12.1. The van der Waals surface area contributed by atoms with Crippen LogP contribution in [0.5, 0.6) is 0 Å². The van der Waals surface area contributed by atoms with E-state index in [9.17, 15) is 13.2 Å². The molecule has 1 aromatic carbocycles. The normalized spacial score (nSPS) is 11.3. The van der Waals surface area contributed by atoms with Gasteiger partial charge in [-0.15, -0.1) is 0 Å². The molecule has 0 unspecified atom stereocenters. The summed E-state index contributed by atoms with van der Waals surface area (Å²) in [5.41, 5.74) is 0.473. The molecule has 2 rings (SSSR count). The highest BCUT2D eigenvalue weighted by Crippen LogP contribution is 2.30. The zero-order valence-corrected chi connectivity index (χ0v) is 14.2. The molecular weight excluding hydrogens is 342 g/mol. The fourth-order valence-electron chi connectivity index (χ4n) is 1.96. The Morgan fingerprint density at radius 2 is 2.13 bits per heavy atom. The average molecular weight is 358 g/mol. The number of carbonyl (C=O) groups is 1. The molecule has 0 atom stereocenters. The predicted octanol–water partition coefficient (Wildman–Crippen LogP) is 3.13. The molecule has 23 heavy (non-hydrogen) atoms. The molecule has 0 aliphatic heterocycles. The molecule has 8 heteroatoms. The van der Waals surface area contributed by atoms with Crippen molar-refractivity contribution in [2.24, 2.45) is 0 Å². The van der Waals surface area contributed by atoms with E-state index < -0.39 is 15.8 Å². The number of ether oxygens (including phenoxy) is 1. The number of nitrogens with one attached hydrogen (secondary N) is 1. The third-order valence-corrected chi connectivity index (χ3v) is 4.56. The molecule has 0 amide bonds. The van der Waals surface area contributed by atoms with Crippen LogP contribution in [0.2, 0.25) is 5.02 Å². The summed E-state index contributed by atoms with van der Waals surface area (Å²) in [6, 6.07) is 6.12. The summed E-state index contributed by atoms with van der Waals surface area (Å²) >= 11 is 6.03. The van der Waals surface area contributed by atoms with Crippen molar-refractivity contribution in [2.45, 2.75) is 18.4 Å². The van der Waals surface area contributed by atoms with Gasteiger partial charge < -0.3 is 14.5 Å². The second-order valence-corrected chi connectivity index (χ2v) is 7.15. The van der Waals surface area contributed by atoms with Crippen molar-refractivity contribution in [1.29, 1.82) is 0 Å². The van der Waals surface area contributed by atoms with Crippen molar-refractivity contribution in [1.82, 2.24) is 0 Å². The second-order valence-electron chi connectivity index (χ2n) is 4.75. The summed E-state index contributed by atoms with van der Waals surface area (Å²) < 4.78 is 33.7. The number of rotatable bonds is 6. The lowest BCUT2D eigenvalue weighted by Gasteiger charge is -2.13. The van der Waals surface area contributed by atoms with Crippen molar-refractivity contribution in [3.8, 4) is 0 Å². The van der Waals surface area contributed by atoms with Crippen molar-refractivity contribution < 1.29 is 22.4 Å². The minimum atomic E-state index is -3.57. The Kier molecular flexibility index (Phi) is 5.33. The predicted molar refractivity (Wildman–Crippen MR) is 86.6 cm³/mol. The van der Waals surface area contributed by atoms with Gasteiger partial charge in [0, 0.05) is 6.26 Å². The Labute approximate surface area is 139 Å². The molecule has 1 N–H and O–H groups in total. The molecular formula is C15H16ClNO5S. The Morgan fingerprint density at radius 3 is 2.70 bits per heavy atom. The number of hydrogen-bond donors (Lipinski definition) is 1. The van der Waals surface area contributed by atoms with Crippen LogP contribution in [-0.4, -0.2) is 27.2 Å². The Bertz CT molecular complexity index is 800. The summed E-state index contributed by atoms with van der Waals surface area (Å²) in [4.78, 5) is 12.0. The van der Waals surface area contributed by atoms with Gasteiger partial charge >= 0.3 is 5.97 Å². The van der Waals surface area contributed by atoms with Gasteiger partial charge in [0.1, 0.15) is 5.76 Å². The standard InChI is InChI=1S/C15H16ClNO5S/c1-3-21-15(18)11-7-14(23(2,19)20)12(16)8-13(11)17-9-10-5-4-6-22-10/h4-8,17H,3,9H2,1-2H3. The summed E-state index contributed by atoms with van der Waals surface area (Å²) in [6.07, 6.45) is 2.56. The molecule has 2 aromatic rings. The molecule has 124 valence electrons. The van der Waals surface area contributed by atoms with Gasteiger partial charge in [-0.1, -0.05) is 11.6 Å². The van der Waals surface area contributed by atoms with Gasteiger partial charge in [0.25, 0.3) is 0 Å². The Morgan fingerprint density at radius 1 is 1.39 bits per heavy atom. The zero-order chi connectivity index (χ0) is 17.0. The van der Waals surface area contributed by atoms with Crippen LogP contribution in [0, 0.1) is 0 Å². The molecule has 1 aromatic heterocycles. The highest BCUT2D eigenvalue weighted by atomic mass is 35.5. The van der Waals surface area contributed by atoms with Crippen LogP contribution in [0.4, 0.5) is 5.69 Å². The van der Waals surface area contributed by atoms with Crippen LogP contribution in [0.15, 0.2) is 39.8 Å². The first kappa shape index (κ1) is 17.4. The minimum absolute atomic E-state index is 0.0301. The van der Waals surface area contributed by atoms with E-state index in [-0.39, 0.29) is 22.1 Å². The monoisotopic (exact) mass is 357 g/mol. The molecule has 0 aliphatic rings. The highest BCUT2D eigenvalue weighted by Gasteiger charge is 2.21. The lowest BCUT2D eigenvalue weighted by Crippen LogP contribution is -2.12. The molecule has 0 saturated heterocycles. The topological polar surface area (TPSA) is 85.6 Å². The molecule has 0 radical (unpaired) electrons. The second kappa shape index (κ2) is 7.06. The van der Waals surface area contributed by atoms with E-state index in [4.69, 9.17) is 20.8 Å². The van der Waals surface area contributed by atoms with Crippen LogP contribution < -0.4 is 5.32 Å². The summed E-state index contributed by atoms with van der Waals surface area (Å²) in [7, 11) is -3.57. The van der Waals surface area contributed by atoms with Crippen molar-refractivity contribution in [2.75, 3.05) is 18.2 Å². The molecule has 6 nitrogen and oxygen atoms in total. The lowest BCUT2D eigenvalue weighted by atomic mass is 10.1. The first-order valence-electron chi connectivity index (χ1n) is 6.80. The smallest absolute Gasteiger partial charge is 0.340 e. The van der Waals surface area contributed by atoms with Crippen LogP contribution in [-0.2, 0) is 21.1 Å². The van der Waals surface area contributed by atoms with Crippen molar-refractivity contribution >= 4 is 33.1 Å². The van der Waals surface area contributed by atoms with Gasteiger partial charge in [-0.25, -0.2) is 13.2 Å². The molecule has 0 aliphatic carbocycles. The quantitative estimate of drug-likeness (QED) is 0.799. The number of furan rings is 1. The van der Waals surface area contributed by atoms with Gasteiger partial charge in [0.2, 0.25) is 0 Å². The average Bonchev–Trinajstić information content (AvgIpc) is 2.97.